The van der Waals surface area contributed by atoms with Gasteiger partial charge in [-0.25, -0.2) is 0 Å². The minimum atomic E-state index is -3.80. The smallest absolute Gasteiger partial charge is 0.277 e. The van der Waals surface area contributed by atoms with Crippen molar-refractivity contribution < 1.29 is 13.3 Å². The fourth-order valence-electron chi connectivity index (χ4n) is 2.40. The van der Waals surface area contributed by atoms with Crippen LogP contribution >= 0.6 is 0 Å². The van der Waals surface area contributed by atoms with Gasteiger partial charge in [-0.1, -0.05) is 22.5 Å². The van der Waals surface area contributed by atoms with Crippen molar-refractivity contribution in [1.29, 1.82) is 0 Å². The minimum Gasteiger partial charge on any atom is -0.594 e. The molecule has 7 nitrogen and oxygen atoms in total. The Balaban J connectivity index is 2.34. The monoisotopic (exact) mass is 334 g/mol. The van der Waals surface area contributed by atoms with E-state index in [0.29, 0.717) is 27.4 Å². The molecule has 0 aliphatic rings. The van der Waals surface area contributed by atoms with Gasteiger partial charge in [0, 0.05) is 11.2 Å². The van der Waals surface area contributed by atoms with Gasteiger partial charge in [-0.05, 0) is 44.9 Å². The van der Waals surface area contributed by atoms with Crippen molar-refractivity contribution in [3.63, 3.8) is 0 Å². The molecule has 0 amide bonds. The van der Waals surface area contributed by atoms with Crippen molar-refractivity contribution in [3.05, 3.63) is 58.1 Å². The summed E-state index contributed by atoms with van der Waals surface area (Å²) in [5.74, 6) is 0. The Labute approximate surface area is 135 Å². The molecule has 1 aromatic carbocycles. The van der Waals surface area contributed by atoms with E-state index in [4.69, 9.17) is 0 Å². The third-order valence-corrected chi connectivity index (χ3v) is 4.76. The van der Waals surface area contributed by atoms with Crippen LogP contribution in [0.1, 0.15) is 29.3 Å². The molecule has 2 rings (SSSR count). The van der Waals surface area contributed by atoms with E-state index in [2.05, 4.69) is 15.0 Å². The number of sulfonamides is 1. The fraction of sp³-hybridized carbons (Fsp3) is 0.267. The molecule has 1 heterocycles. The van der Waals surface area contributed by atoms with Gasteiger partial charge >= 0.3 is 0 Å². The first-order valence-corrected chi connectivity index (χ1v) is 8.40. The van der Waals surface area contributed by atoms with Gasteiger partial charge in [-0.15, -0.1) is 0 Å². The Morgan fingerprint density at radius 2 is 1.87 bits per heavy atom. The molecule has 2 aromatic rings. The summed E-state index contributed by atoms with van der Waals surface area (Å²) in [7, 11) is -3.80. The quantitative estimate of drug-likeness (QED) is 0.395. The molecule has 0 saturated carbocycles. The van der Waals surface area contributed by atoms with Gasteiger partial charge in [0.05, 0.1) is 10.6 Å². The number of hydrazone groups is 1. The van der Waals surface area contributed by atoms with Crippen LogP contribution < -0.4 is 9.68 Å². The lowest BCUT2D eigenvalue weighted by molar-refractivity contribution is -0.669. The van der Waals surface area contributed by atoms with Crippen LogP contribution in [0.2, 0.25) is 0 Å². The molecule has 0 aliphatic carbocycles. The number of nitrogens with one attached hydrogen (secondary N) is 1. The molecule has 0 spiro atoms. The summed E-state index contributed by atoms with van der Waals surface area (Å²) < 4.78 is 25.0. The summed E-state index contributed by atoms with van der Waals surface area (Å²) in [5.41, 5.74) is 2.88. The molecule has 122 valence electrons. The van der Waals surface area contributed by atoms with Gasteiger partial charge < -0.3 is 5.21 Å². The molecule has 23 heavy (non-hydrogen) atoms. The van der Waals surface area contributed by atoms with E-state index >= 15 is 0 Å². The van der Waals surface area contributed by atoms with E-state index in [1.54, 1.807) is 39.0 Å². The molecule has 0 saturated heterocycles. The van der Waals surface area contributed by atoms with E-state index in [1.807, 2.05) is 6.92 Å². The lowest BCUT2D eigenvalue weighted by Gasteiger charge is -2.11. The normalized spacial score (nSPS) is 12.3. The number of rotatable bonds is 4. The average molecular weight is 334 g/mol. The topological polar surface area (TPSA) is 98.4 Å². The van der Waals surface area contributed by atoms with E-state index in [-0.39, 0.29) is 4.90 Å². The molecule has 8 heteroatoms. The molecule has 1 N–H and O–H groups in total. The molecule has 0 radical (unpaired) electrons. The first-order chi connectivity index (χ1) is 10.7. The van der Waals surface area contributed by atoms with Gasteiger partial charge in [0.15, 0.2) is 5.69 Å². The zero-order chi connectivity index (χ0) is 17.2. The standard InChI is InChI=1S/C15H18N4O3S/c1-10-8-11(2)15(12(3)9-10)23(21,22)18-16-13(4)14-6-5-7-19(20)17-14/h5-9,18H,1-4H3/b16-13+. The Morgan fingerprint density at radius 1 is 1.26 bits per heavy atom. The third kappa shape index (κ3) is 3.84. The largest absolute Gasteiger partial charge is 0.594 e. The predicted molar refractivity (Wildman–Crippen MR) is 86.4 cm³/mol. The molecule has 0 fully saturated rings. The maximum atomic E-state index is 12.5. The Bertz CT molecular complexity index is 853. The lowest BCUT2D eigenvalue weighted by Crippen LogP contribution is -2.32. The maximum absolute atomic E-state index is 12.5. The van der Waals surface area contributed by atoms with Gasteiger partial charge in [0.25, 0.3) is 10.0 Å². The van der Waals surface area contributed by atoms with Crippen molar-refractivity contribution in [1.82, 2.24) is 9.93 Å². The summed E-state index contributed by atoms with van der Waals surface area (Å²) >= 11 is 0. The number of benzene rings is 1. The van der Waals surface area contributed by atoms with E-state index < -0.39 is 10.0 Å². The number of aromatic nitrogens is 2. The number of hydrogen-bond acceptors (Lipinski definition) is 5. The summed E-state index contributed by atoms with van der Waals surface area (Å²) in [5, 5.41) is 18.7. The molecule has 0 unspecified atom stereocenters. The maximum Gasteiger partial charge on any atom is 0.277 e. The Kier molecular flexibility index (Phi) is 4.65. The van der Waals surface area contributed by atoms with Gasteiger partial charge in [0.1, 0.15) is 0 Å². The van der Waals surface area contributed by atoms with Crippen LogP contribution in [0.4, 0.5) is 0 Å². The van der Waals surface area contributed by atoms with Crippen LogP contribution in [0, 0.1) is 26.0 Å². The Hall–Kier alpha value is -2.48. The van der Waals surface area contributed by atoms with Crippen molar-refractivity contribution in [2.24, 2.45) is 5.10 Å². The highest BCUT2D eigenvalue weighted by atomic mass is 32.2. The van der Waals surface area contributed by atoms with Crippen molar-refractivity contribution in [2.45, 2.75) is 32.6 Å². The van der Waals surface area contributed by atoms with Crippen LogP contribution in [0.25, 0.3) is 0 Å². The zero-order valence-corrected chi connectivity index (χ0v) is 14.2. The third-order valence-electron chi connectivity index (χ3n) is 3.25. The number of nitrogens with zero attached hydrogens (tertiary/aromatic N) is 3. The van der Waals surface area contributed by atoms with Crippen LogP contribution in [0.15, 0.2) is 40.5 Å². The molecular weight excluding hydrogens is 316 g/mol. The van der Waals surface area contributed by atoms with E-state index in [9.17, 15) is 13.6 Å². The van der Waals surface area contributed by atoms with Crippen molar-refractivity contribution >= 4 is 15.7 Å². The summed E-state index contributed by atoms with van der Waals surface area (Å²) in [4.78, 5) is 2.80. The molecule has 1 aromatic heterocycles. The first-order valence-electron chi connectivity index (χ1n) is 6.91. The lowest BCUT2D eigenvalue weighted by atomic mass is 10.1. The van der Waals surface area contributed by atoms with E-state index in [1.165, 1.54) is 12.3 Å². The highest BCUT2D eigenvalue weighted by molar-refractivity contribution is 7.89. The predicted octanol–water partition coefficient (Wildman–Crippen LogP) is 1.34. The van der Waals surface area contributed by atoms with Crippen LogP contribution in [-0.2, 0) is 10.0 Å². The summed E-state index contributed by atoms with van der Waals surface area (Å²) in [6.45, 7) is 6.96. The zero-order valence-electron chi connectivity index (χ0n) is 13.4. The second-order valence-electron chi connectivity index (χ2n) is 5.32. The Morgan fingerprint density at radius 3 is 2.43 bits per heavy atom. The van der Waals surface area contributed by atoms with E-state index in [0.717, 1.165) is 5.56 Å². The number of aryl methyl sites for hydroxylation is 3. The highest BCUT2D eigenvalue weighted by Crippen LogP contribution is 2.21. The fourth-order valence-corrected chi connectivity index (χ4v) is 3.71. The molecular formula is C15H18N4O3S. The summed E-state index contributed by atoms with van der Waals surface area (Å²) in [6, 6.07) is 6.69. The molecule has 0 aliphatic heterocycles. The van der Waals surface area contributed by atoms with Crippen molar-refractivity contribution in [2.75, 3.05) is 0 Å². The van der Waals surface area contributed by atoms with Crippen LogP contribution in [0.3, 0.4) is 0 Å². The second-order valence-corrected chi connectivity index (χ2v) is 6.91. The van der Waals surface area contributed by atoms with Crippen molar-refractivity contribution in [3.8, 4) is 0 Å². The average Bonchev–Trinajstić information content (AvgIpc) is 2.43. The molecule has 0 bridgehead atoms. The minimum absolute atomic E-state index is 0.208. The summed E-state index contributed by atoms with van der Waals surface area (Å²) in [6.07, 6.45) is 1.24. The van der Waals surface area contributed by atoms with Gasteiger partial charge in [0.2, 0.25) is 6.20 Å². The first kappa shape index (κ1) is 16.9. The number of hydrogen-bond donors (Lipinski definition) is 1. The van der Waals surface area contributed by atoms with Crippen LogP contribution in [-0.4, -0.2) is 19.2 Å². The molecule has 0 atom stereocenters. The second kappa shape index (κ2) is 6.33. The van der Waals surface area contributed by atoms with Crippen LogP contribution in [0.5, 0.6) is 0 Å². The highest BCUT2D eigenvalue weighted by Gasteiger charge is 2.19. The van der Waals surface area contributed by atoms with Gasteiger partial charge in [-0.3, -0.25) is 0 Å². The van der Waals surface area contributed by atoms with Gasteiger partial charge in [-0.2, -0.15) is 18.4 Å². The SMILES string of the molecule is C/C(=N\NS(=O)(=O)c1c(C)cc(C)cc1C)c1ccc[n+]([O-])n1.